The van der Waals surface area contributed by atoms with Crippen molar-refractivity contribution < 1.29 is 28.7 Å². The molecule has 0 amide bonds. The van der Waals surface area contributed by atoms with Crippen LogP contribution in [0, 0.1) is 15.9 Å². The van der Waals surface area contributed by atoms with Gasteiger partial charge in [0.25, 0.3) is 5.69 Å². The summed E-state index contributed by atoms with van der Waals surface area (Å²) in [5, 5.41) is 23.0. The average molecular weight is 302 g/mol. The first-order valence-corrected chi connectivity index (χ1v) is 5.87. The molecule has 0 aromatic heterocycles. The number of ether oxygens (including phenoxy) is 2. The van der Waals surface area contributed by atoms with Gasteiger partial charge in [-0.2, -0.15) is 0 Å². The van der Waals surface area contributed by atoms with Crippen molar-refractivity contribution in [1.29, 1.82) is 0 Å². The van der Waals surface area contributed by atoms with E-state index in [9.17, 15) is 24.4 Å². The molecule has 2 N–H and O–H groups in total. The van der Waals surface area contributed by atoms with Crippen molar-refractivity contribution in [3.8, 4) is 0 Å². The topological polar surface area (TPSA) is 111 Å². The number of carbonyl (C=O) groups excluding carboxylic acids is 1. The summed E-state index contributed by atoms with van der Waals surface area (Å²) in [7, 11) is 2.46. The number of aliphatic hydroxyl groups is 1. The Morgan fingerprint density at radius 1 is 1.52 bits per heavy atom. The Morgan fingerprint density at radius 3 is 2.71 bits per heavy atom. The van der Waals surface area contributed by atoms with Gasteiger partial charge in [-0.05, 0) is 6.07 Å². The standard InChI is InChI=1S/C12H15FN2O6/c1-20-6-7(16)5-14-10-3-8(12(17)21-2)9(13)4-11(10)15(18)19/h3-4,7,14,16H,5-6H2,1-2H3. The van der Waals surface area contributed by atoms with Gasteiger partial charge in [-0.25, -0.2) is 9.18 Å². The molecular weight excluding hydrogens is 287 g/mol. The lowest BCUT2D eigenvalue weighted by atomic mass is 10.1. The van der Waals surface area contributed by atoms with E-state index in [0.717, 1.165) is 13.2 Å². The minimum Gasteiger partial charge on any atom is -0.465 e. The monoisotopic (exact) mass is 302 g/mol. The van der Waals surface area contributed by atoms with Gasteiger partial charge in [-0.1, -0.05) is 0 Å². The predicted molar refractivity (Wildman–Crippen MR) is 70.8 cm³/mol. The molecular formula is C12H15FN2O6. The van der Waals surface area contributed by atoms with Crippen molar-refractivity contribution >= 4 is 17.3 Å². The summed E-state index contributed by atoms with van der Waals surface area (Å²) in [5.74, 6) is -2.01. The van der Waals surface area contributed by atoms with Gasteiger partial charge < -0.3 is 19.9 Å². The number of hydrogen-bond donors (Lipinski definition) is 2. The number of nitro benzene ring substituents is 1. The lowest BCUT2D eigenvalue weighted by Gasteiger charge is -2.13. The van der Waals surface area contributed by atoms with Crippen molar-refractivity contribution in [1.82, 2.24) is 0 Å². The van der Waals surface area contributed by atoms with Gasteiger partial charge in [0.15, 0.2) is 0 Å². The Kier molecular flexibility index (Phi) is 6.00. The molecule has 0 radical (unpaired) electrons. The van der Waals surface area contributed by atoms with Gasteiger partial charge in [-0.15, -0.1) is 0 Å². The average Bonchev–Trinajstić information content (AvgIpc) is 2.44. The number of rotatable bonds is 7. The minimum atomic E-state index is -1.06. The number of methoxy groups -OCH3 is 2. The van der Waals surface area contributed by atoms with E-state index >= 15 is 0 Å². The molecule has 1 aromatic carbocycles. The molecule has 116 valence electrons. The number of nitro groups is 1. The van der Waals surface area contributed by atoms with Crippen molar-refractivity contribution in [3.05, 3.63) is 33.6 Å². The molecule has 0 aliphatic rings. The van der Waals surface area contributed by atoms with Gasteiger partial charge in [0, 0.05) is 13.7 Å². The van der Waals surface area contributed by atoms with E-state index < -0.39 is 34.1 Å². The molecule has 9 heteroatoms. The summed E-state index contributed by atoms with van der Waals surface area (Å²) in [6.45, 7) is -0.0488. The van der Waals surface area contributed by atoms with Gasteiger partial charge in [0.05, 0.1) is 36.4 Å². The quantitative estimate of drug-likeness (QED) is 0.438. The van der Waals surface area contributed by atoms with Crippen LogP contribution in [0.5, 0.6) is 0 Å². The maximum absolute atomic E-state index is 13.6. The minimum absolute atomic E-state index is 0.0197. The van der Waals surface area contributed by atoms with Crippen LogP contribution in [0.15, 0.2) is 12.1 Å². The number of aliphatic hydroxyl groups excluding tert-OH is 1. The molecule has 0 fully saturated rings. The number of halogens is 1. The smallest absolute Gasteiger partial charge is 0.340 e. The molecule has 0 saturated carbocycles. The molecule has 0 saturated heterocycles. The van der Waals surface area contributed by atoms with Crippen LogP contribution in [0.25, 0.3) is 0 Å². The van der Waals surface area contributed by atoms with E-state index in [0.29, 0.717) is 6.07 Å². The van der Waals surface area contributed by atoms with Gasteiger partial charge in [0.2, 0.25) is 0 Å². The van der Waals surface area contributed by atoms with Crippen molar-refractivity contribution in [2.75, 3.05) is 32.7 Å². The summed E-state index contributed by atoms with van der Waals surface area (Å²) in [6.07, 6.45) is -0.916. The van der Waals surface area contributed by atoms with Crippen molar-refractivity contribution in [3.63, 3.8) is 0 Å². The summed E-state index contributed by atoms with van der Waals surface area (Å²) in [5.41, 5.74) is -1.09. The fraction of sp³-hybridized carbons (Fsp3) is 0.417. The second-order valence-corrected chi connectivity index (χ2v) is 4.09. The van der Waals surface area contributed by atoms with Crippen LogP contribution in [0.3, 0.4) is 0 Å². The number of hydrogen-bond acceptors (Lipinski definition) is 7. The van der Waals surface area contributed by atoms with E-state index in [2.05, 4.69) is 10.1 Å². The lowest BCUT2D eigenvalue weighted by Crippen LogP contribution is -2.24. The first-order valence-electron chi connectivity index (χ1n) is 5.87. The van der Waals surface area contributed by atoms with E-state index in [4.69, 9.17) is 4.74 Å². The molecule has 0 bridgehead atoms. The largest absolute Gasteiger partial charge is 0.465 e. The Bertz CT molecular complexity index is 537. The van der Waals surface area contributed by atoms with Gasteiger partial charge in [0.1, 0.15) is 11.5 Å². The molecule has 1 unspecified atom stereocenters. The van der Waals surface area contributed by atoms with Gasteiger partial charge in [-0.3, -0.25) is 10.1 Å². The first-order chi connectivity index (χ1) is 9.90. The SMILES string of the molecule is COCC(O)CNc1cc(C(=O)OC)c(F)cc1[N+](=O)[O-]. The van der Waals surface area contributed by atoms with Crippen molar-refractivity contribution in [2.45, 2.75) is 6.10 Å². The summed E-state index contributed by atoms with van der Waals surface area (Å²) >= 11 is 0. The fourth-order valence-electron chi connectivity index (χ4n) is 1.60. The molecule has 0 aliphatic heterocycles. The Morgan fingerprint density at radius 2 is 2.19 bits per heavy atom. The third-order valence-corrected chi connectivity index (χ3v) is 2.57. The number of esters is 1. The maximum Gasteiger partial charge on any atom is 0.340 e. The molecule has 0 spiro atoms. The fourth-order valence-corrected chi connectivity index (χ4v) is 1.60. The second kappa shape index (κ2) is 7.50. The Hall–Kier alpha value is -2.26. The number of anilines is 1. The molecule has 1 aromatic rings. The zero-order valence-corrected chi connectivity index (χ0v) is 11.5. The molecule has 8 nitrogen and oxygen atoms in total. The highest BCUT2D eigenvalue weighted by atomic mass is 19.1. The number of nitrogens with zero attached hydrogens (tertiary/aromatic N) is 1. The third-order valence-electron chi connectivity index (χ3n) is 2.57. The van der Waals surface area contributed by atoms with E-state index in [1.165, 1.54) is 7.11 Å². The Balaban J connectivity index is 3.08. The van der Waals surface area contributed by atoms with Crippen LogP contribution >= 0.6 is 0 Å². The lowest BCUT2D eigenvalue weighted by molar-refractivity contribution is -0.384. The highest BCUT2D eigenvalue weighted by Gasteiger charge is 2.22. The van der Waals surface area contributed by atoms with Crippen LogP contribution in [-0.2, 0) is 9.47 Å². The summed E-state index contributed by atoms with van der Waals surface area (Å²) in [6, 6.07) is 1.59. The summed E-state index contributed by atoms with van der Waals surface area (Å²) in [4.78, 5) is 21.5. The van der Waals surface area contributed by atoms with Crippen LogP contribution in [0.4, 0.5) is 15.8 Å². The molecule has 1 rings (SSSR count). The van der Waals surface area contributed by atoms with Crippen LogP contribution < -0.4 is 5.32 Å². The second-order valence-electron chi connectivity index (χ2n) is 4.09. The first kappa shape index (κ1) is 16.8. The molecule has 21 heavy (non-hydrogen) atoms. The molecule has 0 aliphatic carbocycles. The van der Waals surface area contributed by atoms with Crippen LogP contribution in [0.1, 0.15) is 10.4 Å². The normalized spacial score (nSPS) is 11.8. The molecule has 1 atom stereocenters. The van der Waals surface area contributed by atoms with Crippen LogP contribution in [-0.4, -0.2) is 49.5 Å². The number of nitrogens with one attached hydrogen (secondary N) is 1. The molecule has 0 heterocycles. The third kappa shape index (κ3) is 4.36. The Labute approximate surface area is 119 Å². The van der Waals surface area contributed by atoms with E-state index in [1.807, 2.05) is 0 Å². The zero-order chi connectivity index (χ0) is 16.0. The highest BCUT2D eigenvalue weighted by Crippen LogP contribution is 2.28. The van der Waals surface area contributed by atoms with Crippen LogP contribution in [0.2, 0.25) is 0 Å². The number of carbonyl (C=O) groups is 1. The maximum atomic E-state index is 13.6. The zero-order valence-electron chi connectivity index (χ0n) is 11.5. The van der Waals surface area contributed by atoms with E-state index in [1.54, 1.807) is 0 Å². The van der Waals surface area contributed by atoms with Crippen molar-refractivity contribution in [2.24, 2.45) is 0 Å². The predicted octanol–water partition coefficient (Wildman–Crippen LogP) is 0.940. The van der Waals surface area contributed by atoms with E-state index in [-0.39, 0.29) is 18.8 Å². The summed E-state index contributed by atoms with van der Waals surface area (Å²) < 4.78 is 22.7. The number of benzene rings is 1. The van der Waals surface area contributed by atoms with Gasteiger partial charge >= 0.3 is 5.97 Å². The highest BCUT2D eigenvalue weighted by molar-refractivity contribution is 5.91.